The van der Waals surface area contributed by atoms with Crippen LogP contribution in [0.4, 0.5) is 11.4 Å². The van der Waals surface area contributed by atoms with E-state index in [1.54, 1.807) is 31.5 Å². The number of benzene rings is 1. The minimum atomic E-state index is -4.29. The van der Waals surface area contributed by atoms with E-state index in [-0.39, 0.29) is 21.9 Å². The number of hydrogen-bond acceptors (Lipinski definition) is 8. The Balaban J connectivity index is 2.14. The van der Waals surface area contributed by atoms with Gasteiger partial charge in [0.05, 0.1) is 4.92 Å². The van der Waals surface area contributed by atoms with Gasteiger partial charge >= 0.3 is 0 Å². The number of sulfonamides is 1. The van der Waals surface area contributed by atoms with E-state index in [4.69, 9.17) is 12.2 Å². The van der Waals surface area contributed by atoms with Crippen molar-refractivity contribution >= 4 is 39.4 Å². The van der Waals surface area contributed by atoms with Crippen LogP contribution in [0.25, 0.3) is 5.78 Å². The fraction of sp³-hybridized carbons (Fsp3) is 0.231. The zero-order chi connectivity index (χ0) is 19.2. The van der Waals surface area contributed by atoms with E-state index in [1.807, 2.05) is 0 Å². The summed E-state index contributed by atoms with van der Waals surface area (Å²) in [5.41, 5.74) is -0.137. The van der Waals surface area contributed by atoms with Crippen molar-refractivity contribution in [1.29, 1.82) is 0 Å². The highest BCUT2D eigenvalue weighted by Crippen LogP contribution is 2.29. The van der Waals surface area contributed by atoms with Crippen LogP contribution >= 0.6 is 12.2 Å². The van der Waals surface area contributed by atoms with Crippen LogP contribution in [0.5, 0.6) is 0 Å². The van der Waals surface area contributed by atoms with Gasteiger partial charge in [-0.1, -0.05) is 12.1 Å². The zero-order valence-corrected chi connectivity index (χ0v) is 15.5. The minimum Gasteiger partial charge on any atom is -0.308 e. The predicted molar refractivity (Wildman–Crippen MR) is 94.0 cm³/mol. The molecule has 0 radical (unpaired) electrons. The van der Waals surface area contributed by atoms with Crippen molar-refractivity contribution in [3.63, 3.8) is 0 Å². The first-order valence-electron chi connectivity index (χ1n) is 7.19. The molecule has 0 aliphatic heterocycles. The molecule has 1 aromatic carbocycles. The summed E-state index contributed by atoms with van der Waals surface area (Å²) < 4.78 is 30.3. The first-order valence-corrected chi connectivity index (χ1v) is 9.08. The van der Waals surface area contributed by atoms with Crippen LogP contribution in [0.15, 0.2) is 23.4 Å². The molecule has 0 saturated heterocycles. The summed E-state index contributed by atoms with van der Waals surface area (Å²) in [4.78, 5) is 18.5. The fourth-order valence-electron chi connectivity index (χ4n) is 2.22. The van der Waals surface area contributed by atoms with E-state index in [0.29, 0.717) is 11.4 Å². The normalized spacial score (nSPS) is 11.7. The molecule has 136 valence electrons. The molecular formula is C13H13N7O4S2. The van der Waals surface area contributed by atoms with Crippen LogP contribution in [0.2, 0.25) is 0 Å². The maximum absolute atomic E-state index is 12.6. The lowest BCUT2D eigenvalue weighted by atomic mass is 10.2. The van der Waals surface area contributed by atoms with Gasteiger partial charge in [-0.05, 0) is 31.6 Å². The van der Waals surface area contributed by atoms with E-state index in [1.165, 1.54) is 12.1 Å². The second-order valence-electron chi connectivity index (χ2n) is 5.44. The van der Waals surface area contributed by atoms with Gasteiger partial charge in [0, 0.05) is 13.1 Å². The van der Waals surface area contributed by atoms with Crippen LogP contribution < -0.4 is 4.72 Å². The highest BCUT2D eigenvalue weighted by Gasteiger charge is 2.26. The molecule has 11 nitrogen and oxygen atoms in total. The second-order valence-corrected chi connectivity index (χ2v) is 7.38. The second kappa shape index (κ2) is 6.10. The van der Waals surface area contributed by atoms with Crippen LogP contribution in [0, 0.1) is 28.7 Å². The molecule has 0 unspecified atom stereocenters. The van der Waals surface area contributed by atoms with Crippen molar-refractivity contribution in [2.45, 2.75) is 19.0 Å². The maximum atomic E-state index is 12.6. The molecule has 2 heterocycles. The van der Waals surface area contributed by atoms with Crippen molar-refractivity contribution in [3.8, 4) is 0 Å². The van der Waals surface area contributed by atoms with Crippen molar-refractivity contribution in [2.24, 2.45) is 7.05 Å². The topological polar surface area (TPSA) is 137 Å². The molecule has 0 bridgehead atoms. The molecule has 1 N–H and O–H groups in total. The maximum Gasteiger partial charge on any atom is 0.299 e. The third kappa shape index (κ3) is 2.90. The molecule has 0 saturated carbocycles. The van der Waals surface area contributed by atoms with Gasteiger partial charge in [-0.25, -0.2) is 0 Å². The summed E-state index contributed by atoms with van der Waals surface area (Å²) in [6.45, 7) is 3.24. The quantitative estimate of drug-likeness (QED) is 0.399. The van der Waals surface area contributed by atoms with Crippen molar-refractivity contribution in [2.75, 3.05) is 4.72 Å². The van der Waals surface area contributed by atoms with Gasteiger partial charge < -0.3 is 4.57 Å². The van der Waals surface area contributed by atoms with Crippen LogP contribution in [-0.4, -0.2) is 37.5 Å². The Morgan fingerprint density at radius 1 is 1.27 bits per heavy atom. The number of fused-ring (bicyclic) bond motifs is 1. The standard InChI is InChI=1S/C13H13N7O4S2/c1-7-5-4-6-9(20(21)22)10(7)17-26(23,24)12-15-11-14-8(2)18(3)13(25)19(11)16-12/h4-6,17H,1-3H3. The Labute approximate surface area is 152 Å². The number of anilines is 1. The summed E-state index contributed by atoms with van der Waals surface area (Å²) in [7, 11) is -2.63. The highest BCUT2D eigenvalue weighted by atomic mass is 32.2. The zero-order valence-electron chi connectivity index (χ0n) is 13.9. The van der Waals surface area contributed by atoms with E-state index < -0.39 is 20.1 Å². The molecule has 3 rings (SSSR count). The molecule has 0 spiro atoms. The number of nitro benzene ring substituents is 1. The summed E-state index contributed by atoms with van der Waals surface area (Å²) in [5.74, 6) is 0.548. The van der Waals surface area contributed by atoms with Gasteiger partial charge in [0.25, 0.3) is 26.6 Å². The van der Waals surface area contributed by atoms with Gasteiger partial charge in [0.1, 0.15) is 11.5 Å². The molecule has 13 heteroatoms. The summed E-state index contributed by atoms with van der Waals surface area (Å²) in [5, 5.41) is 14.5. The number of hydrogen-bond donors (Lipinski definition) is 1. The lowest BCUT2D eigenvalue weighted by molar-refractivity contribution is -0.383. The predicted octanol–water partition coefficient (Wildman–Crippen LogP) is 1.52. The number of aromatic nitrogens is 5. The van der Waals surface area contributed by atoms with E-state index in [0.717, 1.165) is 4.52 Å². The third-order valence-corrected chi connectivity index (χ3v) is 5.28. The summed E-state index contributed by atoms with van der Waals surface area (Å²) in [6.07, 6.45) is 0. The molecular weight excluding hydrogens is 382 g/mol. The molecule has 0 fully saturated rings. The van der Waals surface area contributed by atoms with E-state index >= 15 is 0 Å². The first-order chi connectivity index (χ1) is 12.1. The van der Waals surface area contributed by atoms with Gasteiger partial charge in [0.15, 0.2) is 0 Å². The smallest absolute Gasteiger partial charge is 0.299 e. The molecule has 26 heavy (non-hydrogen) atoms. The molecule has 0 amide bonds. The van der Waals surface area contributed by atoms with E-state index in [2.05, 4.69) is 19.8 Å². The Morgan fingerprint density at radius 3 is 2.62 bits per heavy atom. The van der Waals surface area contributed by atoms with Crippen LogP contribution in [0.1, 0.15) is 11.4 Å². The lowest BCUT2D eigenvalue weighted by Gasteiger charge is -2.08. The Kier molecular flexibility index (Phi) is 4.20. The average Bonchev–Trinajstić information content (AvgIpc) is 2.99. The van der Waals surface area contributed by atoms with Gasteiger partial charge in [-0.15, -0.1) is 5.10 Å². The van der Waals surface area contributed by atoms with Gasteiger partial charge in [0.2, 0.25) is 4.77 Å². The molecule has 0 aliphatic rings. The molecule has 0 atom stereocenters. The monoisotopic (exact) mass is 395 g/mol. The van der Waals surface area contributed by atoms with Crippen molar-refractivity contribution < 1.29 is 13.3 Å². The minimum absolute atomic E-state index is 0.0188. The van der Waals surface area contributed by atoms with Crippen molar-refractivity contribution in [3.05, 3.63) is 44.5 Å². The average molecular weight is 395 g/mol. The Bertz CT molecular complexity index is 1210. The van der Waals surface area contributed by atoms with Crippen LogP contribution in [0.3, 0.4) is 0 Å². The SMILES string of the molecule is Cc1cccc([N+](=O)[O-])c1NS(=O)(=O)c1nc2nc(C)n(C)c(=S)n2n1. The van der Waals surface area contributed by atoms with Gasteiger partial charge in [-0.2, -0.15) is 22.9 Å². The van der Waals surface area contributed by atoms with E-state index in [9.17, 15) is 18.5 Å². The Hall–Kier alpha value is -2.93. The summed E-state index contributed by atoms with van der Waals surface area (Å²) in [6, 6.07) is 4.22. The number of rotatable bonds is 4. The highest BCUT2D eigenvalue weighted by molar-refractivity contribution is 7.92. The fourth-order valence-corrected chi connectivity index (χ4v) is 3.49. The number of nitrogens with zero attached hydrogens (tertiary/aromatic N) is 6. The van der Waals surface area contributed by atoms with Crippen LogP contribution in [-0.2, 0) is 17.1 Å². The molecule has 3 aromatic rings. The number of nitrogens with one attached hydrogen (secondary N) is 1. The summed E-state index contributed by atoms with van der Waals surface area (Å²) >= 11 is 5.20. The lowest BCUT2D eigenvalue weighted by Crippen LogP contribution is -2.16. The largest absolute Gasteiger partial charge is 0.308 e. The number of nitro groups is 1. The Morgan fingerprint density at radius 2 is 1.96 bits per heavy atom. The molecule has 2 aromatic heterocycles. The van der Waals surface area contributed by atoms with Gasteiger partial charge in [-0.3, -0.25) is 14.8 Å². The van der Waals surface area contributed by atoms with Crippen molar-refractivity contribution in [1.82, 2.24) is 24.1 Å². The third-order valence-electron chi connectivity index (χ3n) is 3.71. The molecule has 0 aliphatic carbocycles. The number of aryl methyl sites for hydroxylation is 2. The first kappa shape index (κ1) is 17.9. The number of para-hydroxylation sites is 1.